The minimum absolute atomic E-state index is 0.0543. The van der Waals surface area contributed by atoms with Crippen LogP contribution in [-0.2, 0) is 26.2 Å². The van der Waals surface area contributed by atoms with E-state index in [1.807, 2.05) is 58.0 Å². The molecule has 0 aliphatic heterocycles. The Morgan fingerprint density at radius 3 is 2.08 bits per heavy atom. The molecule has 2 amide bonds. The first-order valence-electron chi connectivity index (χ1n) is 13.1. The van der Waals surface area contributed by atoms with Gasteiger partial charge in [0.1, 0.15) is 12.6 Å². The molecule has 0 saturated carbocycles. The monoisotopic (exact) mass is 613 g/mol. The summed E-state index contributed by atoms with van der Waals surface area (Å²) in [6.07, 6.45) is 1.13. The highest BCUT2D eigenvalue weighted by Gasteiger charge is 2.33. The van der Waals surface area contributed by atoms with Crippen molar-refractivity contribution in [3.63, 3.8) is 0 Å². The Hall–Kier alpha value is -3.17. The van der Waals surface area contributed by atoms with E-state index in [1.165, 1.54) is 17.0 Å². The Morgan fingerprint density at radius 1 is 0.897 bits per heavy atom. The van der Waals surface area contributed by atoms with E-state index in [0.29, 0.717) is 12.1 Å². The minimum atomic E-state index is -4.09. The van der Waals surface area contributed by atoms with Crippen LogP contribution in [0, 0.1) is 6.92 Å². The van der Waals surface area contributed by atoms with Crippen LogP contribution in [0.15, 0.2) is 88.2 Å². The molecule has 0 fully saturated rings. The average molecular weight is 615 g/mol. The Kier molecular flexibility index (Phi) is 10.7. The fraction of sp³-hybridized carbons (Fsp3) is 0.333. The normalized spacial score (nSPS) is 12.8. The average Bonchev–Trinajstić information content (AvgIpc) is 2.92. The second-order valence-corrected chi connectivity index (χ2v) is 12.3. The molecule has 0 aliphatic carbocycles. The molecule has 0 spiro atoms. The first-order chi connectivity index (χ1) is 18.6. The summed E-state index contributed by atoms with van der Waals surface area (Å²) in [6, 6.07) is 21.9. The molecule has 208 valence electrons. The van der Waals surface area contributed by atoms with Crippen molar-refractivity contribution in [1.82, 2.24) is 10.2 Å². The highest BCUT2D eigenvalue weighted by atomic mass is 79.9. The minimum Gasteiger partial charge on any atom is -0.352 e. The molecule has 9 heteroatoms. The van der Waals surface area contributed by atoms with E-state index < -0.39 is 28.5 Å². The number of aryl methyl sites for hydroxylation is 1. The zero-order valence-electron chi connectivity index (χ0n) is 22.8. The number of nitrogens with one attached hydrogen (secondary N) is 1. The third-order valence-corrected chi connectivity index (χ3v) is 8.90. The molecule has 7 nitrogen and oxygen atoms in total. The Balaban J connectivity index is 2.04. The van der Waals surface area contributed by atoms with Gasteiger partial charge in [-0.1, -0.05) is 77.8 Å². The molecule has 0 aliphatic rings. The van der Waals surface area contributed by atoms with Gasteiger partial charge in [-0.15, -0.1) is 0 Å². The first-order valence-corrected chi connectivity index (χ1v) is 15.3. The van der Waals surface area contributed by atoms with Gasteiger partial charge in [0.05, 0.1) is 10.6 Å². The smallest absolute Gasteiger partial charge is 0.264 e. The topological polar surface area (TPSA) is 86.8 Å². The number of halogens is 1. The summed E-state index contributed by atoms with van der Waals surface area (Å²) in [5.74, 6) is -0.726. The maximum absolute atomic E-state index is 14.0. The van der Waals surface area contributed by atoms with Gasteiger partial charge in [-0.3, -0.25) is 13.9 Å². The van der Waals surface area contributed by atoms with Crippen molar-refractivity contribution in [2.24, 2.45) is 0 Å². The van der Waals surface area contributed by atoms with Crippen molar-refractivity contribution < 1.29 is 18.0 Å². The molecular weight excluding hydrogens is 578 g/mol. The third kappa shape index (κ3) is 7.92. The molecule has 39 heavy (non-hydrogen) atoms. The Morgan fingerprint density at radius 2 is 1.51 bits per heavy atom. The van der Waals surface area contributed by atoms with Crippen LogP contribution in [0.4, 0.5) is 5.69 Å². The second kappa shape index (κ2) is 13.8. The summed E-state index contributed by atoms with van der Waals surface area (Å²) in [5.41, 5.74) is 2.12. The molecular formula is C30H36BrN3O4S. The summed E-state index contributed by atoms with van der Waals surface area (Å²) >= 11 is 3.39. The fourth-order valence-corrected chi connectivity index (χ4v) is 5.79. The number of carbonyl (C=O) groups excluding carboxylic acids is 2. The van der Waals surface area contributed by atoms with Crippen molar-refractivity contribution in [2.45, 2.75) is 64.1 Å². The molecule has 0 saturated heterocycles. The molecule has 0 heterocycles. The molecule has 3 aromatic rings. The van der Waals surface area contributed by atoms with Crippen LogP contribution in [0.3, 0.4) is 0 Å². The van der Waals surface area contributed by atoms with E-state index in [-0.39, 0.29) is 23.4 Å². The molecule has 0 radical (unpaired) electrons. The Bertz CT molecular complexity index is 1350. The molecule has 0 bridgehead atoms. The van der Waals surface area contributed by atoms with Crippen molar-refractivity contribution in [3.8, 4) is 0 Å². The van der Waals surface area contributed by atoms with Crippen LogP contribution >= 0.6 is 15.9 Å². The summed E-state index contributed by atoms with van der Waals surface area (Å²) in [4.78, 5) is 28.9. The van der Waals surface area contributed by atoms with E-state index in [2.05, 4.69) is 21.2 Å². The lowest BCUT2D eigenvalue weighted by Crippen LogP contribution is -2.53. The molecule has 3 aromatic carbocycles. The number of nitrogens with zero attached hydrogens (tertiary/aromatic N) is 2. The molecule has 0 unspecified atom stereocenters. The lowest BCUT2D eigenvalue weighted by molar-refractivity contribution is -0.140. The van der Waals surface area contributed by atoms with Gasteiger partial charge in [-0.05, 0) is 68.7 Å². The summed E-state index contributed by atoms with van der Waals surface area (Å²) in [5, 5.41) is 2.98. The highest BCUT2D eigenvalue weighted by Crippen LogP contribution is 2.26. The third-order valence-electron chi connectivity index (χ3n) is 6.59. The largest absolute Gasteiger partial charge is 0.352 e. The predicted molar refractivity (Wildman–Crippen MR) is 159 cm³/mol. The van der Waals surface area contributed by atoms with E-state index in [4.69, 9.17) is 0 Å². The van der Waals surface area contributed by atoms with Crippen LogP contribution in [0.5, 0.6) is 0 Å². The first kappa shape index (κ1) is 30.4. The summed E-state index contributed by atoms with van der Waals surface area (Å²) in [7, 11) is -4.09. The van der Waals surface area contributed by atoms with E-state index in [9.17, 15) is 18.0 Å². The van der Waals surface area contributed by atoms with E-state index in [1.54, 1.807) is 36.4 Å². The maximum Gasteiger partial charge on any atom is 0.264 e. The van der Waals surface area contributed by atoms with Crippen molar-refractivity contribution >= 4 is 43.5 Å². The molecule has 0 aromatic heterocycles. The van der Waals surface area contributed by atoms with Gasteiger partial charge in [-0.2, -0.15) is 0 Å². The number of benzene rings is 3. The second-order valence-electron chi connectivity index (χ2n) is 9.55. The zero-order chi connectivity index (χ0) is 28.6. The predicted octanol–water partition coefficient (Wildman–Crippen LogP) is 5.67. The standard InChI is InChI=1S/C30H36BrN3O4S/c1-5-23(4)32-30(36)28(6-2)33(20-24-10-8-7-9-11-24)29(35)21-34(26-16-14-25(31)15-17-26)39(37,38)27-18-12-22(3)13-19-27/h7-19,23,28H,5-6,20-21H2,1-4H3,(H,32,36)/t23-,28-/m1/s1. The maximum atomic E-state index is 14.0. The lowest BCUT2D eigenvalue weighted by Gasteiger charge is -2.33. The highest BCUT2D eigenvalue weighted by molar-refractivity contribution is 9.10. The number of hydrogen-bond acceptors (Lipinski definition) is 4. The van der Waals surface area contributed by atoms with Gasteiger partial charge in [0.25, 0.3) is 10.0 Å². The van der Waals surface area contributed by atoms with Gasteiger partial charge in [0.2, 0.25) is 11.8 Å². The number of sulfonamides is 1. The number of carbonyl (C=O) groups is 2. The SMILES string of the molecule is CC[C@@H](C)NC(=O)[C@@H](CC)N(Cc1ccccc1)C(=O)CN(c1ccc(Br)cc1)S(=O)(=O)c1ccc(C)cc1. The van der Waals surface area contributed by atoms with Crippen LogP contribution in [0.2, 0.25) is 0 Å². The van der Waals surface area contributed by atoms with E-state index in [0.717, 1.165) is 26.3 Å². The van der Waals surface area contributed by atoms with Gasteiger partial charge in [0.15, 0.2) is 0 Å². The number of anilines is 1. The molecule has 3 rings (SSSR count). The van der Waals surface area contributed by atoms with Crippen LogP contribution in [0.25, 0.3) is 0 Å². The van der Waals surface area contributed by atoms with E-state index >= 15 is 0 Å². The van der Waals surface area contributed by atoms with Crippen LogP contribution < -0.4 is 9.62 Å². The van der Waals surface area contributed by atoms with Gasteiger partial charge >= 0.3 is 0 Å². The summed E-state index contributed by atoms with van der Waals surface area (Å²) in [6.45, 7) is 7.33. The quantitative estimate of drug-likeness (QED) is 0.285. The summed E-state index contributed by atoms with van der Waals surface area (Å²) < 4.78 is 29.6. The fourth-order valence-electron chi connectivity index (χ4n) is 4.11. The van der Waals surface area contributed by atoms with Gasteiger partial charge in [-0.25, -0.2) is 8.42 Å². The van der Waals surface area contributed by atoms with Crippen molar-refractivity contribution in [2.75, 3.05) is 10.8 Å². The number of hydrogen-bond donors (Lipinski definition) is 1. The van der Waals surface area contributed by atoms with Gasteiger partial charge in [0, 0.05) is 17.1 Å². The molecule has 2 atom stereocenters. The van der Waals surface area contributed by atoms with Gasteiger partial charge < -0.3 is 10.2 Å². The van der Waals surface area contributed by atoms with Crippen LogP contribution in [0.1, 0.15) is 44.7 Å². The lowest BCUT2D eigenvalue weighted by atomic mass is 10.1. The van der Waals surface area contributed by atoms with Crippen LogP contribution in [-0.4, -0.2) is 43.8 Å². The number of rotatable bonds is 12. The Labute approximate surface area is 240 Å². The zero-order valence-corrected chi connectivity index (χ0v) is 25.2. The van der Waals surface area contributed by atoms with Crippen molar-refractivity contribution in [3.05, 3.63) is 94.5 Å². The molecule has 1 N–H and O–H groups in total. The van der Waals surface area contributed by atoms with Crippen molar-refractivity contribution in [1.29, 1.82) is 0 Å². The number of amides is 2.